The molecule has 1 amide bonds. The fraction of sp³-hybridized carbons (Fsp3) is 0.200. The number of nitrogens with one attached hydrogen (secondary N) is 1. The number of anilines is 1. The number of carbonyl (C=O) groups excluding carboxylic acids is 1. The van der Waals surface area contributed by atoms with Gasteiger partial charge in [-0.05, 0) is 19.9 Å². The van der Waals surface area contributed by atoms with E-state index in [1.54, 1.807) is 40.2 Å². The third-order valence-electron chi connectivity index (χ3n) is 4.34. The number of hydrogen-bond acceptors (Lipinski definition) is 7. The van der Waals surface area contributed by atoms with E-state index in [2.05, 4.69) is 31.4 Å². The largest absolute Gasteiger partial charge is 0.382 e. The summed E-state index contributed by atoms with van der Waals surface area (Å²) in [4.78, 5) is 24.4. The molecule has 0 spiro atoms. The van der Waals surface area contributed by atoms with Crippen molar-refractivity contribution < 1.29 is 4.79 Å². The first kappa shape index (κ1) is 19.1. The Balaban J connectivity index is 1.77. The molecule has 4 rings (SSSR count). The summed E-state index contributed by atoms with van der Waals surface area (Å²) < 4.78 is 3.25. The lowest BCUT2D eigenvalue weighted by molar-refractivity contribution is -0.118. The number of aromatic nitrogens is 6. The average Bonchev–Trinajstić information content (AvgIpc) is 3.33. The molecule has 4 aromatic heterocycles. The van der Waals surface area contributed by atoms with Crippen LogP contribution in [0.15, 0.2) is 43.2 Å². The molecule has 0 fully saturated rings. The predicted octanol–water partition coefficient (Wildman–Crippen LogP) is 1.86. The molecule has 0 unspecified atom stereocenters. The molecule has 3 N–H and O–H groups in total. The predicted molar refractivity (Wildman–Crippen MR) is 111 cm³/mol. The van der Waals surface area contributed by atoms with Crippen LogP contribution in [-0.4, -0.2) is 41.2 Å². The summed E-state index contributed by atoms with van der Waals surface area (Å²) in [6.45, 7) is 4.12. The van der Waals surface area contributed by atoms with E-state index in [0.29, 0.717) is 22.7 Å². The van der Waals surface area contributed by atoms with Gasteiger partial charge in [-0.25, -0.2) is 15.0 Å². The monoisotopic (exact) mass is 401 g/mol. The lowest BCUT2D eigenvalue weighted by Crippen LogP contribution is -2.17. The Morgan fingerprint density at radius 1 is 1.23 bits per heavy atom. The van der Waals surface area contributed by atoms with Gasteiger partial charge in [-0.1, -0.05) is 0 Å². The summed E-state index contributed by atoms with van der Waals surface area (Å²) >= 11 is 0. The average molecular weight is 401 g/mol. The van der Waals surface area contributed by atoms with Gasteiger partial charge >= 0.3 is 0 Å². The Morgan fingerprint density at radius 2 is 2.07 bits per heavy atom. The smallest absolute Gasteiger partial charge is 0.237 e. The van der Waals surface area contributed by atoms with Gasteiger partial charge in [-0.2, -0.15) is 15.0 Å². The number of hydrogen-bond donors (Lipinski definition) is 2. The van der Waals surface area contributed by atoms with E-state index in [4.69, 9.17) is 11.0 Å². The van der Waals surface area contributed by atoms with Gasteiger partial charge in [0.2, 0.25) is 5.91 Å². The summed E-state index contributed by atoms with van der Waals surface area (Å²) in [5, 5.41) is 17.6. The van der Waals surface area contributed by atoms with E-state index in [0.717, 1.165) is 16.6 Å². The van der Waals surface area contributed by atoms with E-state index in [-0.39, 0.29) is 12.6 Å². The third-order valence-corrected chi connectivity index (χ3v) is 4.34. The molecule has 150 valence electrons. The van der Waals surface area contributed by atoms with Crippen molar-refractivity contribution in [2.45, 2.75) is 26.4 Å². The van der Waals surface area contributed by atoms with E-state index >= 15 is 0 Å². The molecule has 4 aromatic rings. The molecular weight excluding hydrogens is 382 g/mol. The third kappa shape index (κ3) is 3.68. The van der Waals surface area contributed by atoms with Gasteiger partial charge in [0.1, 0.15) is 12.6 Å². The van der Waals surface area contributed by atoms with Crippen LogP contribution >= 0.6 is 0 Å². The fourth-order valence-electron chi connectivity index (χ4n) is 3.11. The van der Waals surface area contributed by atoms with Crippen molar-refractivity contribution in [3.63, 3.8) is 0 Å². The summed E-state index contributed by atoms with van der Waals surface area (Å²) in [5.74, 6) is 0.135. The van der Waals surface area contributed by atoms with Crippen LogP contribution in [0.4, 0.5) is 5.69 Å². The van der Waals surface area contributed by atoms with E-state index in [1.807, 2.05) is 19.9 Å². The van der Waals surface area contributed by atoms with Crippen LogP contribution in [0.2, 0.25) is 0 Å². The maximum absolute atomic E-state index is 11.2. The molecular formula is C20H19N9O. The number of pyridine rings is 2. The number of nitrogens with zero attached hydrogens (tertiary/aromatic N) is 7. The number of carbonyl (C=O) groups is 1. The Labute approximate surface area is 172 Å². The van der Waals surface area contributed by atoms with Gasteiger partial charge in [0.15, 0.2) is 11.5 Å². The van der Waals surface area contributed by atoms with Crippen LogP contribution < -0.4 is 11.1 Å². The zero-order valence-electron chi connectivity index (χ0n) is 16.4. The molecule has 30 heavy (non-hydrogen) atoms. The van der Waals surface area contributed by atoms with Gasteiger partial charge in [0, 0.05) is 47.3 Å². The second-order valence-electron chi connectivity index (χ2n) is 7.09. The highest BCUT2D eigenvalue weighted by atomic mass is 16.1. The van der Waals surface area contributed by atoms with Gasteiger partial charge < -0.3 is 15.6 Å². The van der Waals surface area contributed by atoms with Crippen molar-refractivity contribution in [2.24, 2.45) is 5.73 Å². The Bertz CT molecular complexity index is 1280. The fourth-order valence-corrected chi connectivity index (χ4v) is 3.11. The molecule has 0 aromatic carbocycles. The van der Waals surface area contributed by atoms with Crippen LogP contribution in [0.1, 0.15) is 19.4 Å². The van der Waals surface area contributed by atoms with E-state index in [9.17, 15) is 4.79 Å². The molecule has 10 heteroatoms. The molecule has 4 heterocycles. The molecule has 0 atom stereocenters. The van der Waals surface area contributed by atoms with Gasteiger partial charge in [0.25, 0.3) is 0 Å². The molecule has 10 nitrogen and oxygen atoms in total. The highest BCUT2D eigenvalue weighted by Gasteiger charge is 2.15. The highest BCUT2D eigenvalue weighted by Crippen LogP contribution is 2.29. The lowest BCUT2D eigenvalue weighted by Gasteiger charge is -2.15. The second-order valence-corrected chi connectivity index (χ2v) is 7.09. The summed E-state index contributed by atoms with van der Waals surface area (Å²) in [7, 11) is 0. The van der Waals surface area contributed by atoms with Crippen molar-refractivity contribution in [1.82, 2.24) is 29.3 Å². The van der Waals surface area contributed by atoms with Crippen molar-refractivity contribution in [2.75, 3.05) is 5.32 Å². The Kier molecular flexibility index (Phi) is 4.85. The number of imidazole rings is 1. The number of fused-ring (bicyclic) bond motifs is 1. The van der Waals surface area contributed by atoms with Crippen molar-refractivity contribution in [3.05, 3.63) is 48.8 Å². The zero-order valence-corrected chi connectivity index (χ0v) is 16.4. The number of nitrogens with two attached hydrogens (primary N) is 1. The van der Waals surface area contributed by atoms with E-state index in [1.165, 1.54) is 6.20 Å². The Morgan fingerprint density at radius 3 is 2.80 bits per heavy atom. The molecule has 0 saturated carbocycles. The van der Waals surface area contributed by atoms with Gasteiger partial charge in [-0.3, -0.25) is 4.79 Å². The van der Waals surface area contributed by atoms with Crippen LogP contribution in [0.5, 0.6) is 0 Å². The lowest BCUT2D eigenvalue weighted by atomic mass is 10.1. The van der Waals surface area contributed by atoms with E-state index < -0.39 is 5.91 Å². The van der Waals surface area contributed by atoms with Crippen LogP contribution in [0, 0.1) is 11.3 Å². The number of amides is 1. The normalized spacial score (nSPS) is 11.0. The number of primary amides is 1. The maximum atomic E-state index is 11.2. The standard InChI is InChI=1S/C20H19N9O/c1-12(2)27-16-4-19(29-20-14(7-26-29)3-13(5-21)6-24-20)23-8-15(16)17-9-28(11-25-17)10-18(22)30/h3-4,6-9,11-12H,10H2,1-2H3,(H2,22,30)(H,23,27). The van der Waals surface area contributed by atoms with Gasteiger partial charge in [0.05, 0.1) is 23.8 Å². The van der Waals surface area contributed by atoms with Gasteiger partial charge in [-0.15, -0.1) is 0 Å². The molecule has 0 radical (unpaired) electrons. The topological polar surface area (TPSA) is 140 Å². The minimum Gasteiger partial charge on any atom is -0.382 e. The summed E-state index contributed by atoms with van der Waals surface area (Å²) in [6.07, 6.45) is 8.17. The maximum Gasteiger partial charge on any atom is 0.237 e. The molecule has 0 aliphatic heterocycles. The Hall–Kier alpha value is -4.26. The van der Waals surface area contributed by atoms with Crippen molar-refractivity contribution in [3.8, 4) is 23.1 Å². The second kappa shape index (κ2) is 7.63. The number of rotatable bonds is 6. The van der Waals surface area contributed by atoms with Crippen molar-refractivity contribution >= 4 is 22.6 Å². The molecule has 0 bridgehead atoms. The summed E-state index contributed by atoms with van der Waals surface area (Å²) in [5.41, 5.74) is 8.61. The SMILES string of the molecule is CC(C)Nc1cc(-n2ncc3cc(C#N)cnc32)ncc1-c1cn(CC(N)=O)cn1. The van der Waals surface area contributed by atoms with Crippen LogP contribution in [-0.2, 0) is 11.3 Å². The molecule has 0 aliphatic rings. The number of nitriles is 1. The first-order valence-electron chi connectivity index (χ1n) is 9.26. The highest BCUT2D eigenvalue weighted by molar-refractivity contribution is 5.80. The molecule has 0 saturated heterocycles. The first-order chi connectivity index (χ1) is 14.4. The minimum absolute atomic E-state index is 0.0566. The van der Waals surface area contributed by atoms with Crippen LogP contribution in [0.25, 0.3) is 28.1 Å². The summed E-state index contributed by atoms with van der Waals surface area (Å²) in [6, 6.07) is 5.84. The van der Waals surface area contributed by atoms with Crippen molar-refractivity contribution in [1.29, 1.82) is 5.26 Å². The molecule has 0 aliphatic carbocycles. The quantitative estimate of drug-likeness (QED) is 0.502. The van der Waals surface area contributed by atoms with Crippen LogP contribution in [0.3, 0.4) is 0 Å². The first-order valence-corrected chi connectivity index (χ1v) is 9.26. The zero-order chi connectivity index (χ0) is 21.3. The minimum atomic E-state index is -0.439.